The van der Waals surface area contributed by atoms with Crippen LogP contribution in [0.3, 0.4) is 0 Å². The van der Waals surface area contributed by atoms with Crippen molar-refractivity contribution in [3.05, 3.63) is 46.6 Å². The maximum absolute atomic E-state index is 13.1. The first kappa shape index (κ1) is 24.8. The Balaban J connectivity index is 1.58. The van der Waals surface area contributed by atoms with E-state index in [2.05, 4.69) is 15.5 Å². The minimum atomic E-state index is -1.78. The average Bonchev–Trinajstić information content (AvgIpc) is 3.26. The van der Waals surface area contributed by atoms with Crippen molar-refractivity contribution >= 4 is 57.7 Å². The molecule has 0 aliphatic carbocycles. The van der Waals surface area contributed by atoms with E-state index in [0.29, 0.717) is 5.75 Å². The molecule has 1 unspecified atom stereocenters. The summed E-state index contributed by atoms with van der Waals surface area (Å²) in [6, 6.07) is 2.12. The van der Waals surface area contributed by atoms with Gasteiger partial charge in [-0.3, -0.25) is 14.5 Å². The first-order valence-electron chi connectivity index (χ1n) is 9.97. The van der Waals surface area contributed by atoms with Gasteiger partial charge >= 0.3 is 11.9 Å². The number of hydrogen-bond donors (Lipinski definition) is 6. The van der Waals surface area contributed by atoms with Gasteiger partial charge in [0.1, 0.15) is 22.8 Å². The van der Waals surface area contributed by atoms with Crippen LogP contribution in [0, 0.1) is 0 Å². The molecule has 1 fully saturated rings. The molecule has 1 saturated heterocycles. The monoisotopic (exact) mass is 535 g/mol. The molecule has 3 atom stereocenters. The fourth-order valence-corrected chi connectivity index (χ4v) is 5.15. The summed E-state index contributed by atoms with van der Waals surface area (Å²) in [6.45, 7) is 0. The second kappa shape index (κ2) is 9.74. The number of thiazole rings is 1. The van der Waals surface area contributed by atoms with Gasteiger partial charge in [-0.2, -0.15) is 0 Å². The summed E-state index contributed by atoms with van der Waals surface area (Å²) in [5, 5.41) is 44.9. The third-order valence-electron chi connectivity index (χ3n) is 5.11. The number of aromatic hydroxyl groups is 2. The Morgan fingerprint density at radius 1 is 1.25 bits per heavy atom. The van der Waals surface area contributed by atoms with Crippen LogP contribution in [0.4, 0.5) is 5.13 Å². The molecule has 0 radical (unpaired) electrons. The van der Waals surface area contributed by atoms with Gasteiger partial charge in [0.25, 0.3) is 11.8 Å². The summed E-state index contributed by atoms with van der Waals surface area (Å²) in [5.41, 5.74) is 4.83. The number of aliphatic carboxylic acids is 2. The van der Waals surface area contributed by atoms with Gasteiger partial charge < -0.3 is 36.3 Å². The quantitative estimate of drug-likeness (QED) is 0.114. The topological polar surface area (TPSA) is 225 Å². The van der Waals surface area contributed by atoms with Crippen LogP contribution in [0.2, 0.25) is 0 Å². The minimum Gasteiger partial charge on any atom is -0.504 e. The number of rotatable bonds is 8. The summed E-state index contributed by atoms with van der Waals surface area (Å²) in [5.74, 6) is -5.13. The van der Waals surface area contributed by atoms with Crippen LogP contribution < -0.4 is 11.1 Å². The summed E-state index contributed by atoms with van der Waals surface area (Å²) >= 11 is 2.22. The number of amides is 2. The highest BCUT2D eigenvalue weighted by Crippen LogP contribution is 2.37. The van der Waals surface area contributed by atoms with E-state index in [9.17, 15) is 39.6 Å². The predicted octanol–water partition coefficient (Wildman–Crippen LogP) is 0.0515. The number of oxime groups is 1. The Morgan fingerprint density at radius 3 is 2.61 bits per heavy atom. The van der Waals surface area contributed by atoms with Crippen LogP contribution in [-0.4, -0.2) is 76.9 Å². The number of thioether (sulfide) groups is 1. The SMILES string of the molecule is Nc1nc(/C(=N\OC(C(=O)O)c2ccc(O)c(O)c2)C(=O)N[C@@H]2C(=O)N3C(C(=O)O)=CCS[C@H]23)cs1. The van der Waals surface area contributed by atoms with Crippen LogP contribution >= 0.6 is 23.1 Å². The number of anilines is 1. The molecule has 0 spiro atoms. The van der Waals surface area contributed by atoms with Crippen molar-refractivity contribution in [3.63, 3.8) is 0 Å². The lowest BCUT2D eigenvalue weighted by molar-refractivity contribution is -0.151. The summed E-state index contributed by atoms with van der Waals surface area (Å²) < 4.78 is 0. The summed E-state index contributed by atoms with van der Waals surface area (Å²) in [6.07, 6.45) is -0.390. The van der Waals surface area contributed by atoms with Crippen LogP contribution in [0.5, 0.6) is 11.5 Å². The largest absolute Gasteiger partial charge is 0.504 e. The van der Waals surface area contributed by atoms with Crippen molar-refractivity contribution in [1.29, 1.82) is 0 Å². The number of carbonyl (C=O) groups is 4. The van der Waals surface area contributed by atoms with E-state index in [1.54, 1.807) is 0 Å². The normalized spacial score (nSPS) is 20.0. The van der Waals surface area contributed by atoms with Crippen LogP contribution in [0.15, 0.2) is 40.5 Å². The Kier molecular flexibility index (Phi) is 6.71. The van der Waals surface area contributed by atoms with Crippen LogP contribution in [0.25, 0.3) is 0 Å². The summed E-state index contributed by atoms with van der Waals surface area (Å²) in [7, 11) is 0. The molecular weight excluding hydrogens is 518 g/mol. The maximum Gasteiger partial charge on any atom is 0.352 e. The lowest BCUT2D eigenvalue weighted by Crippen LogP contribution is -2.70. The number of phenols is 2. The van der Waals surface area contributed by atoms with Crippen LogP contribution in [0.1, 0.15) is 17.4 Å². The molecule has 16 heteroatoms. The van der Waals surface area contributed by atoms with Crippen molar-refractivity contribution in [2.75, 3.05) is 11.5 Å². The number of hydrogen-bond acceptors (Lipinski definition) is 12. The van der Waals surface area contributed by atoms with E-state index in [1.165, 1.54) is 29.3 Å². The van der Waals surface area contributed by atoms with E-state index in [4.69, 9.17) is 10.6 Å². The number of nitrogens with one attached hydrogen (secondary N) is 1. The molecule has 0 bridgehead atoms. The number of nitrogens with two attached hydrogens (primary N) is 1. The van der Waals surface area contributed by atoms with E-state index >= 15 is 0 Å². The molecule has 2 aliphatic heterocycles. The number of β-lactam (4-membered cyclic amide) rings is 1. The molecule has 3 heterocycles. The van der Waals surface area contributed by atoms with Gasteiger partial charge in [-0.15, -0.1) is 23.1 Å². The molecule has 2 amide bonds. The van der Waals surface area contributed by atoms with Gasteiger partial charge in [0.05, 0.1) is 0 Å². The zero-order valence-electron chi connectivity index (χ0n) is 17.9. The molecule has 36 heavy (non-hydrogen) atoms. The van der Waals surface area contributed by atoms with Crippen molar-refractivity contribution in [1.82, 2.24) is 15.2 Å². The van der Waals surface area contributed by atoms with Gasteiger partial charge in [0.2, 0.25) is 6.10 Å². The number of aromatic nitrogens is 1. The number of benzene rings is 1. The Bertz CT molecular complexity index is 1320. The number of nitrogens with zero attached hydrogens (tertiary/aromatic N) is 3. The second-order valence-electron chi connectivity index (χ2n) is 7.36. The number of carbonyl (C=O) groups excluding carboxylic acids is 2. The van der Waals surface area contributed by atoms with Crippen molar-refractivity contribution < 1.29 is 44.4 Å². The highest BCUT2D eigenvalue weighted by molar-refractivity contribution is 8.00. The smallest absolute Gasteiger partial charge is 0.352 e. The first-order valence-corrected chi connectivity index (χ1v) is 11.9. The number of fused-ring (bicyclic) bond motifs is 1. The van der Waals surface area contributed by atoms with Crippen molar-refractivity contribution in [2.45, 2.75) is 17.5 Å². The number of phenolic OH excluding ortho intramolecular Hbond substituents is 2. The highest BCUT2D eigenvalue weighted by Gasteiger charge is 2.53. The molecule has 1 aromatic heterocycles. The van der Waals surface area contributed by atoms with Gasteiger partial charge in [0, 0.05) is 16.7 Å². The molecule has 1 aromatic carbocycles. The molecule has 2 aromatic rings. The maximum atomic E-state index is 13.1. The van der Waals surface area contributed by atoms with E-state index in [-0.39, 0.29) is 22.1 Å². The molecule has 14 nitrogen and oxygen atoms in total. The number of nitrogen functional groups attached to an aromatic ring is 1. The number of carboxylic acid groups (broad SMARTS) is 2. The molecular formula is C20H17N5O9S2. The zero-order chi connectivity index (χ0) is 26.1. The fraction of sp³-hybridized carbons (Fsp3) is 0.200. The molecule has 0 saturated carbocycles. The van der Waals surface area contributed by atoms with Crippen molar-refractivity contribution in [3.8, 4) is 11.5 Å². The Hall–Kier alpha value is -4.31. The Morgan fingerprint density at radius 2 is 2.00 bits per heavy atom. The number of carboxylic acids is 2. The van der Waals surface area contributed by atoms with Gasteiger partial charge in [-0.1, -0.05) is 11.2 Å². The Labute approximate surface area is 209 Å². The van der Waals surface area contributed by atoms with Crippen LogP contribution in [-0.2, 0) is 24.0 Å². The van der Waals surface area contributed by atoms with Gasteiger partial charge in [-0.05, 0) is 18.2 Å². The second-order valence-corrected chi connectivity index (χ2v) is 9.40. The molecule has 2 aliphatic rings. The zero-order valence-corrected chi connectivity index (χ0v) is 19.5. The standard InChI is InChI=1S/C20H17N5O9S2/c21-20-22-8(6-36-20)12(24-34-14(19(32)33)7-1-2-10(26)11(27)5-7)15(28)23-13-16(29)25-9(18(30)31)3-4-35-17(13)25/h1-3,5-6,13-14,17,26-27H,4H2,(H2,21,22)(H,23,28)(H,30,31)(H,32,33)/b24-12+/t13-,14?,17-/m1/s1. The highest BCUT2D eigenvalue weighted by atomic mass is 32.2. The average molecular weight is 536 g/mol. The minimum absolute atomic E-state index is 0.0567. The van der Waals surface area contributed by atoms with Gasteiger partial charge in [-0.25, -0.2) is 14.6 Å². The van der Waals surface area contributed by atoms with E-state index in [0.717, 1.165) is 28.4 Å². The molecule has 188 valence electrons. The third kappa shape index (κ3) is 4.63. The van der Waals surface area contributed by atoms with Gasteiger partial charge in [0.15, 0.2) is 22.3 Å². The van der Waals surface area contributed by atoms with E-state index < -0.39 is 58.5 Å². The van der Waals surface area contributed by atoms with E-state index in [1.807, 2.05) is 0 Å². The fourth-order valence-electron chi connectivity index (χ4n) is 3.41. The van der Waals surface area contributed by atoms with Crippen molar-refractivity contribution in [2.24, 2.45) is 5.16 Å². The molecule has 7 N–H and O–H groups in total. The summed E-state index contributed by atoms with van der Waals surface area (Å²) in [4.78, 5) is 58.9. The molecule has 4 rings (SSSR count). The lowest BCUT2D eigenvalue weighted by atomic mass is 10.0. The predicted molar refractivity (Wildman–Crippen MR) is 125 cm³/mol. The first-order chi connectivity index (χ1) is 17.1. The third-order valence-corrected chi connectivity index (χ3v) is 6.97. The lowest BCUT2D eigenvalue weighted by Gasteiger charge is -2.48.